The SMILES string of the molecule is CCCCCOc1ccc(CN2C(=O)C3(OCCCO3)c3cccc(C)c32)cc1OC. The van der Waals surface area contributed by atoms with Crippen LogP contribution in [0, 0.1) is 6.92 Å². The second-order valence-electron chi connectivity index (χ2n) is 8.07. The number of ether oxygens (including phenoxy) is 4. The molecule has 166 valence electrons. The molecule has 0 saturated carbocycles. The number of benzene rings is 2. The summed E-state index contributed by atoms with van der Waals surface area (Å²) in [5, 5.41) is 0. The predicted octanol–water partition coefficient (Wildman–Crippen LogP) is 4.71. The molecule has 6 nitrogen and oxygen atoms in total. The molecule has 1 fully saturated rings. The third kappa shape index (κ3) is 4.02. The third-order valence-electron chi connectivity index (χ3n) is 5.86. The van der Waals surface area contributed by atoms with Crippen molar-refractivity contribution in [3.63, 3.8) is 0 Å². The summed E-state index contributed by atoms with van der Waals surface area (Å²) in [6.07, 6.45) is 4.09. The largest absolute Gasteiger partial charge is 0.493 e. The zero-order valence-electron chi connectivity index (χ0n) is 18.6. The molecule has 2 aromatic rings. The van der Waals surface area contributed by atoms with Crippen molar-refractivity contribution in [2.24, 2.45) is 0 Å². The maximum atomic E-state index is 13.5. The molecule has 1 amide bonds. The van der Waals surface area contributed by atoms with E-state index in [4.69, 9.17) is 18.9 Å². The topological polar surface area (TPSA) is 57.2 Å². The normalized spacial score (nSPS) is 17.1. The Balaban J connectivity index is 1.60. The van der Waals surface area contributed by atoms with Crippen molar-refractivity contribution < 1.29 is 23.7 Å². The zero-order valence-corrected chi connectivity index (χ0v) is 18.6. The number of para-hydroxylation sites is 1. The molecular formula is C25H31NO5. The Hall–Kier alpha value is -2.57. The quantitative estimate of drug-likeness (QED) is 0.574. The monoisotopic (exact) mass is 425 g/mol. The number of unbranched alkanes of at least 4 members (excludes halogenated alkanes) is 2. The van der Waals surface area contributed by atoms with E-state index < -0.39 is 5.79 Å². The fraction of sp³-hybridized carbons (Fsp3) is 0.480. The molecule has 0 radical (unpaired) electrons. The second-order valence-corrected chi connectivity index (χ2v) is 8.07. The first-order chi connectivity index (χ1) is 15.1. The Morgan fingerprint density at radius 2 is 1.90 bits per heavy atom. The average molecular weight is 426 g/mol. The Kier molecular flexibility index (Phi) is 6.49. The highest BCUT2D eigenvalue weighted by Gasteiger charge is 2.55. The fourth-order valence-electron chi connectivity index (χ4n) is 4.29. The number of rotatable bonds is 8. The van der Waals surface area contributed by atoms with Gasteiger partial charge in [-0.05, 0) is 43.0 Å². The number of hydrogen-bond acceptors (Lipinski definition) is 5. The van der Waals surface area contributed by atoms with E-state index in [-0.39, 0.29) is 5.91 Å². The van der Waals surface area contributed by atoms with Gasteiger partial charge < -0.3 is 23.8 Å². The van der Waals surface area contributed by atoms with Crippen molar-refractivity contribution in [1.29, 1.82) is 0 Å². The molecule has 1 saturated heterocycles. The minimum Gasteiger partial charge on any atom is -0.493 e. The van der Waals surface area contributed by atoms with Gasteiger partial charge in [0.15, 0.2) is 11.5 Å². The minimum absolute atomic E-state index is 0.171. The van der Waals surface area contributed by atoms with Gasteiger partial charge in [-0.1, -0.05) is 44.0 Å². The van der Waals surface area contributed by atoms with Gasteiger partial charge in [0.25, 0.3) is 11.7 Å². The molecule has 2 heterocycles. The lowest BCUT2D eigenvalue weighted by molar-refractivity contribution is -0.256. The number of hydrogen-bond donors (Lipinski definition) is 0. The summed E-state index contributed by atoms with van der Waals surface area (Å²) in [7, 11) is 1.64. The first-order valence-electron chi connectivity index (χ1n) is 11.1. The van der Waals surface area contributed by atoms with E-state index in [1.165, 1.54) is 0 Å². The number of methoxy groups -OCH3 is 1. The number of aryl methyl sites for hydroxylation is 1. The Labute approximate surface area is 184 Å². The van der Waals surface area contributed by atoms with Gasteiger partial charge in [-0.3, -0.25) is 4.79 Å². The molecule has 0 bridgehead atoms. The Morgan fingerprint density at radius 1 is 1.10 bits per heavy atom. The Bertz CT molecular complexity index is 936. The molecule has 31 heavy (non-hydrogen) atoms. The highest BCUT2D eigenvalue weighted by molar-refractivity contribution is 6.06. The number of amides is 1. The summed E-state index contributed by atoms with van der Waals surface area (Å²) >= 11 is 0. The van der Waals surface area contributed by atoms with Crippen LogP contribution in [0.25, 0.3) is 0 Å². The lowest BCUT2D eigenvalue weighted by Crippen LogP contribution is -2.47. The molecule has 6 heteroatoms. The van der Waals surface area contributed by atoms with Crippen LogP contribution < -0.4 is 14.4 Å². The number of carbonyl (C=O) groups is 1. The molecule has 0 atom stereocenters. The van der Waals surface area contributed by atoms with Crippen molar-refractivity contribution in [1.82, 2.24) is 0 Å². The number of carbonyl (C=O) groups excluding carboxylic acids is 1. The Morgan fingerprint density at radius 3 is 2.65 bits per heavy atom. The van der Waals surface area contributed by atoms with Crippen LogP contribution in [0.15, 0.2) is 36.4 Å². The number of nitrogens with zero attached hydrogens (tertiary/aromatic N) is 1. The van der Waals surface area contributed by atoms with E-state index in [0.717, 1.165) is 53.8 Å². The number of anilines is 1. The highest BCUT2D eigenvalue weighted by Crippen LogP contribution is 2.47. The maximum Gasteiger partial charge on any atom is 0.292 e. The molecule has 4 rings (SSSR count). The summed E-state index contributed by atoms with van der Waals surface area (Å²) in [6.45, 7) is 6.25. The van der Waals surface area contributed by atoms with E-state index in [9.17, 15) is 4.79 Å². The van der Waals surface area contributed by atoms with Gasteiger partial charge in [-0.15, -0.1) is 0 Å². The van der Waals surface area contributed by atoms with Crippen molar-refractivity contribution in [2.75, 3.05) is 31.8 Å². The van der Waals surface area contributed by atoms with Crippen LogP contribution in [0.4, 0.5) is 5.69 Å². The van der Waals surface area contributed by atoms with Crippen LogP contribution >= 0.6 is 0 Å². The van der Waals surface area contributed by atoms with E-state index in [1.807, 2.05) is 43.3 Å². The van der Waals surface area contributed by atoms with Gasteiger partial charge in [0, 0.05) is 5.56 Å². The first-order valence-corrected chi connectivity index (χ1v) is 11.1. The van der Waals surface area contributed by atoms with Crippen LogP contribution in [0.2, 0.25) is 0 Å². The molecule has 0 unspecified atom stereocenters. The summed E-state index contributed by atoms with van der Waals surface area (Å²) in [5.74, 6) is -0.102. The molecule has 0 N–H and O–H groups in total. The summed E-state index contributed by atoms with van der Waals surface area (Å²) in [6, 6.07) is 11.7. The second kappa shape index (κ2) is 9.28. The maximum absolute atomic E-state index is 13.5. The van der Waals surface area contributed by atoms with E-state index >= 15 is 0 Å². The van der Waals surface area contributed by atoms with E-state index in [0.29, 0.717) is 32.1 Å². The molecule has 2 aromatic carbocycles. The van der Waals surface area contributed by atoms with Gasteiger partial charge in [0.05, 0.1) is 39.2 Å². The van der Waals surface area contributed by atoms with Gasteiger partial charge in [0.1, 0.15) is 0 Å². The highest BCUT2D eigenvalue weighted by atomic mass is 16.7. The van der Waals surface area contributed by atoms with Gasteiger partial charge >= 0.3 is 0 Å². The fourth-order valence-corrected chi connectivity index (χ4v) is 4.29. The lowest BCUT2D eigenvalue weighted by Gasteiger charge is -2.32. The van der Waals surface area contributed by atoms with Gasteiger partial charge in [0.2, 0.25) is 0 Å². The minimum atomic E-state index is -1.33. The van der Waals surface area contributed by atoms with Gasteiger partial charge in [-0.2, -0.15) is 0 Å². The van der Waals surface area contributed by atoms with E-state index in [1.54, 1.807) is 12.0 Å². The summed E-state index contributed by atoms with van der Waals surface area (Å²) in [5.41, 5.74) is 3.63. The molecule has 2 aliphatic rings. The average Bonchev–Trinajstić information content (AvgIpc) is 3.01. The van der Waals surface area contributed by atoms with E-state index in [2.05, 4.69) is 6.92 Å². The molecular weight excluding hydrogens is 394 g/mol. The van der Waals surface area contributed by atoms with Crippen LogP contribution in [-0.4, -0.2) is 32.8 Å². The van der Waals surface area contributed by atoms with Gasteiger partial charge in [-0.25, -0.2) is 0 Å². The number of fused-ring (bicyclic) bond motifs is 2. The zero-order chi connectivity index (χ0) is 21.8. The van der Waals surface area contributed by atoms with Crippen LogP contribution in [0.3, 0.4) is 0 Å². The third-order valence-corrected chi connectivity index (χ3v) is 5.86. The van der Waals surface area contributed by atoms with Crippen molar-refractivity contribution in [3.05, 3.63) is 53.1 Å². The predicted molar refractivity (Wildman–Crippen MR) is 119 cm³/mol. The summed E-state index contributed by atoms with van der Waals surface area (Å²) < 4.78 is 23.4. The molecule has 1 spiro atoms. The van der Waals surface area contributed by atoms with Crippen LogP contribution in [-0.2, 0) is 26.6 Å². The standard InChI is InChI=1S/C25H31NO5/c1-4-5-6-13-29-21-12-11-19(16-22(21)28-3)17-26-23-18(2)9-7-10-20(23)25(24(26)27)30-14-8-15-31-25/h7,9-12,16H,4-6,8,13-15,17H2,1-3H3. The lowest BCUT2D eigenvalue weighted by atomic mass is 10.0. The molecule has 0 aliphatic carbocycles. The van der Waals surface area contributed by atoms with Crippen molar-refractivity contribution in [3.8, 4) is 11.5 Å². The molecule has 2 aliphatic heterocycles. The van der Waals surface area contributed by atoms with Crippen LogP contribution in [0.5, 0.6) is 11.5 Å². The van der Waals surface area contributed by atoms with Crippen molar-refractivity contribution in [2.45, 2.75) is 51.9 Å². The first kappa shape index (κ1) is 21.7. The summed E-state index contributed by atoms with van der Waals surface area (Å²) in [4.78, 5) is 15.3. The van der Waals surface area contributed by atoms with Crippen LogP contribution in [0.1, 0.15) is 49.3 Å². The molecule has 0 aromatic heterocycles. The van der Waals surface area contributed by atoms with Crippen molar-refractivity contribution >= 4 is 11.6 Å². The smallest absolute Gasteiger partial charge is 0.292 e.